The van der Waals surface area contributed by atoms with Gasteiger partial charge in [0.15, 0.2) is 11.5 Å². The Labute approximate surface area is 138 Å². The lowest BCUT2D eigenvalue weighted by atomic mass is 10.0. The molecule has 124 valence electrons. The standard InChI is InChI=1S/C18H16O6/c1-21-13-4-6-15(22-2)12(7-13)8-14(18(19)20)11-3-5-16-17(9-11)24-10-23-16/h3-9H,10H2,1-2H3,(H,19,20)/b14-8-. The molecule has 0 unspecified atom stereocenters. The van der Waals surface area contributed by atoms with E-state index >= 15 is 0 Å². The molecule has 24 heavy (non-hydrogen) atoms. The highest BCUT2D eigenvalue weighted by Crippen LogP contribution is 2.36. The Kier molecular flexibility index (Phi) is 4.29. The van der Waals surface area contributed by atoms with Crippen molar-refractivity contribution in [2.75, 3.05) is 21.0 Å². The average molecular weight is 328 g/mol. The van der Waals surface area contributed by atoms with Crippen LogP contribution in [0.4, 0.5) is 0 Å². The molecule has 2 aromatic carbocycles. The molecule has 0 amide bonds. The third kappa shape index (κ3) is 2.99. The van der Waals surface area contributed by atoms with Gasteiger partial charge in [0.05, 0.1) is 19.8 Å². The summed E-state index contributed by atoms with van der Waals surface area (Å²) in [4.78, 5) is 11.7. The minimum Gasteiger partial charge on any atom is -0.497 e. The second-order valence-electron chi connectivity index (χ2n) is 5.04. The molecule has 1 heterocycles. The van der Waals surface area contributed by atoms with Gasteiger partial charge in [-0.05, 0) is 42.0 Å². The summed E-state index contributed by atoms with van der Waals surface area (Å²) in [7, 11) is 3.07. The summed E-state index contributed by atoms with van der Waals surface area (Å²) in [5.74, 6) is 1.23. The van der Waals surface area contributed by atoms with Gasteiger partial charge in [-0.15, -0.1) is 0 Å². The minimum atomic E-state index is -1.06. The SMILES string of the molecule is COc1ccc(OC)c(/C=C(\C(=O)O)c2ccc3c(c2)OCO3)c1. The number of fused-ring (bicyclic) bond motifs is 1. The summed E-state index contributed by atoms with van der Waals surface area (Å²) in [6, 6.07) is 10.2. The maximum Gasteiger partial charge on any atom is 0.336 e. The molecule has 0 aliphatic carbocycles. The summed E-state index contributed by atoms with van der Waals surface area (Å²) < 4.78 is 21.1. The van der Waals surface area contributed by atoms with Crippen LogP contribution in [-0.4, -0.2) is 32.1 Å². The third-order valence-electron chi connectivity index (χ3n) is 3.65. The number of benzene rings is 2. The number of hydrogen-bond acceptors (Lipinski definition) is 5. The normalized spacial score (nSPS) is 12.8. The van der Waals surface area contributed by atoms with Gasteiger partial charge < -0.3 is 24.1 Å². The highest BCUT2D eigenvalue weighted by molar-refractivity contribution is 6.21. The molecular weight excluding hydrogens is 312 g/mol. The van der Waals surface area contributed by atoms with E-state index in [1.807, 2.05) is 0 Å². The number of methoxy groups -OCH3 is 2. The molecule has 1 N–H and O–H groups in total. The molecule has 0 aromatic heterocycles. The molecule has 0 atom stereocenters. The molecule has 2 aromatic rings. The first-order valence-corrected chi connectivity index (χ1v) is 7.19. The summed E-state index contributed by atoms with van der Waals surface area (Å²) in [5, 5.41) is 9.61. The summed E-state index contributed by atoms with van der Waals surface area (Å²) in [6.45, 7) is 0.134. The van der Waals surface area contributed by atoms with Crippen molar-refractivity contribution in [1.82, 2.24) is 0 Å². The van der Waals surface area contributed by atoms with Crippen molar-refractivity contribution < 1.29 is 28.8 Å². The van der Waals surface area contributed by atoms with Crippen molar-refractivity contribution in [2.45, 2.75) is 0 Å². The fourth-order valence-corrected chi connectivity index (χ4v) is 2.44. The van der Waals surface area contributed by atoms with E-state index in [9.17, 15) is 9.90 Å². The van der Waals surface area contributed by atoms with Crippen LogP contribution in [0.5, 0.6) is 23.0 Å². The maximum atomic E-state index is 11.7. The van der Waals surface area contributed by atoms with Crippen LogP contribution in [0.25, 0.3) is 11.6 Å². The van der Waals surface area contributed by atoms with Gasteiger partial charge in [-0.3, -0.25) is 0 Å². The molecule has 0 saturated carbocycles. The molecule has 0 radical (unpaired) electrons. The van der Waals surface area contributed by atoms with E-state index in [1.54, 1.807) is 49.6 Å². The zero-order valence-electron chi connectivity index (χ0n) is 13.2. The molecule has 0 spiro atoms. The maximum absolute atomic E-state index is 11.7. The van der Waals surface area contributed by atoms with E-state index in [4.69, 9.17) is 18.9 Å². The number of carbonyl (C=O) groups is 1. The molecule has 1 aliphatic heterocycles. The smallest absolute Gasteiger partial charge is 0.336 e. The van der Waals surface area contributed by atoms with Gasteiger partial charge in [0, 0.05) is 5.56 Å². The Morgan fingerprint density at radius 1 is 1.08 bits per heavy atom. The van der Waals surface area contributed by atoms with Crippen LogP contribution in [0, 0.1) is 0 Å². The Morgan fingerprint density at radius 2 is 1.88 bits per heavy atom. The molecule has 0 bridgehead atoms. The first kappa shape index (κ1) is 15.7. The Morgan fingerprint density at radius 3 is 2.58 bits per heavy atom. The Hall–Kier alpha value is -3.15. The van der Waals surface area contributed by atoms with E-state index in [2.05, 4.69) is 0 Å². The van der Waals surface area contributed by atoms with Gasteiger partial charge in [-0.2, -0.15) is 0 Å². The largest absolute Gasteiger partial charge is 0.497 e. The third-order valence-corrected chi connectivity index (χ3v) is 3.65. The minimum absolute atomic E-state index is 0.111. The van der Waals surface area contributed by atoms with Gasteiger partial charge in [-0.25, -0.2) is 4.79 Å². The average Bonchev–Trinajstić information content (AvgIpc) is 3.06. The predicted octanol–water partition coefficient (Wildman–Crippen LogP) is 3.06. The van der Waals surface area contributed by atoms with Crippen molar-refractivity contribution in [3.8, 4) is 23.0 Å². The molecule has 6 heteroatoms. The quantitative estimate of drug-likeness (QED) is 0.672. The lowest BCUT2D eigenvalue weighted by Gasteiger charge is -2.09. The lowest BCUT2D eigenvalue weighted by Crippen LogP contribution is -2.00. The monoisotopic (exact) mass is 328 g/mol. The van der Waals surface area contributed by atoms with Gasteiger partial charge in [0.1, 0.15) is 11.5 Å². The predicted molar refractivity (Wildman–Crippen MR) is 87.6 cm³/mol. The van der Waals surface area contributed by atoms with Crippen molar-refractivity contribution in [3.05, 3.63) is 47.5 Å². The van der Waals surface area contributed by atoms with E-state index in [-0.39, 0.29) is 12.4 Å². The van der Waals surface area contributed by atoms with Crippen LogP contribution in [0.1, 0.15) is 11.1 Å². The number of rotatable bonds is 5. The molecule has 3 rings (SSSR count). The van der Waals surface area contributed by atoms with Gasteiger partial charge in [0.25, 0.3) is 0 Å². The fraction of sp³-hybridized carbons (Fsp3) is 0.167. The number of carboxylic acids is 1. The van der Waals surface area contributed by atoms with Gasteiger partial charge >= 0.3 is 5.97 Å². The van der Waals surface area contributed by atoms with E-state index in [0.29, 0.717) is 34.1 Å². The number of hydrogen-bond donors (Lipinski definition) is 1. The summed E-state index contributed by atoms with van der Waals surface area (Å²) in [5.41, 5.74) is 1.23. The van der Waals surface area contributed by atoms with Crippen molar-refractivity contribution >= 4 is 17.6 Å². The van der Waals surface area contributed by atoms with Crippen LogP contribution in [0.2, 0.25) is 0 Å². The van der Waals surface area contributed by atoms with Crippen LogP contribution in [0.3, 0.4) is 0 Å². The lowest BCUT2D eigenvalue weighted by molar-refractivity contribution is -0.130. The zero-order valence-corrected chi connectivity index (χ0v) is 13.2. The van der Waals surface area contributed by atoms with Crippen molar-refractivity contribution in [3.63, 3.8) is 0 Å². The number of carboxylic acid groups (broad SMARTS) is 1. The van der Waals surface area contributed by atoms with Gasteiger partial charge in [-0.1, -0.05) is 6.07 Å². The molecule has 0 fully saturated rings. The highest BCUT2D eigenvalue weighted by Gasteiger charge is 2.18. The second kappa shape index (κ2) is 6.54. The van der Waals surface area contributed by atoms with E-state index < -0.39 is 5.97 Å². The number of ether oxygens (including phenoxy) is 4. The first-order valence-electron chi connectivity index (χ1n) is 7.19. The van der Waals surface area contributed by atoms with Crippen LogP contribution >= 0.6 is 0 Å². The summed E-state index contributed by atoms with van der Waals surface area (Å²) in [6.07, 6.45) is 1.54. The number of aliphatic carboxylic acids is 1. The van der Waals surface area contributed by atoms with Gasteiger partial charge in [0.2, 0.25) is 6.79 Å². The molecule has 0 saturated heterocycles. The highest BCUT2D eigenvalue weighted by atomic mass is 16.7. The van der Waals surface area contributed by atoms with E-state index in [1.165, 1.54) is 7.11 Å². The second-order valence-corrected chi connectivity index (χ2v) is 5.04. The summed E-state index contributed by atoms with van der Waals surface area (Å²) >= 11 is 0. The molecule has 1 aliphatic rings. The zero-order chi connectivity index (χ0) is 17.1. The topological polar surface area (TPSA) is 74.2 Å². The van der Waals surface area contributed by atoms with E-state index in [0.717, 1.165) is 0 Å². The Balaban J connectivity index is 2.08. The van der Waals surface area contributed by atoms with Crippen LogP contribution in [-0.2, 0) is 4.79 Å². The van der Waals surface area contributed by atoms with Crippen LogP contribution < -0.4 is 18.9 Å². The molecular formula is C18H16O6. The van der Waals surface area contributed by atoms with Crippen molar-refractivity contribution in [1.29, 1.82) is 0 Å². The fourth-order valence-electron chi connectivity index (χ4n) is 2.44. The molecule has 6 nitrogen and oxygen atoms in total. The Bertz CT molecular complexity index is 809. The first-order chi connectivity index (χ1) is 11.6. The van der Waals surface area contributed by atoms with Crippen LogP contribution in [0.15, 0.2) is 36.4 Å². The van der Waals surface area contributed by atoms with Crippen molar-refractivity contribution in [2.24, 2.45) is 0 Å².